The number of pyridine rings is 1. The number of carbonyl (C=O) groups excluding carboxylic acids is 1. The summed E-state index contributed by atoms with van der Waals surface area (Å²) in [5, 5.41) is 13.4. The van der Waals surface area contributed by atoms with Crippen molar-refractivity contribution >= 4 is 17.6 Å². The standard InChI is InChI=1S/C13H18N4O4/c1-10(21-13(18)16-7-3-2-4-8-16)15-11-5-6-12(14-9-11)17(19)20/h5-6,9-10,15H,2-4,7-8H2,1H3. The minimum Gasteiger partial charge on any atom is -0.426 e. The zero-order chi connectivity index (χ0) is 15.2. The molecule has 114 valence electrons. The lowest BCUT2D eigenvalue weighted by Crippen LogP contribution is -2.38. The molecule has 0 radical (unpaired) electrons. The van der Waals surface area contributed by atoms with E-state index in [9.17, 15) is 14.9 Å². The fourth-order valence-electron chi connectivity index (χ4n) is 2.15. The molecule has 0 aromatic carbocycles. The van der Waals surface area contributed by atoms with E-state index in [2.05, 4.69) is 10.3 Å². The third kappa shape index (κ3) is 4.30. The Morgan fingerprint density at radius 2 is 2.14 bits per heavy atom. The fourth-order valence-corrected chi connectivity index (χ4v) is 2.15. The second-order valence-electron chi connectivity index (χ2n) is 4.88. The van der Waals surface area contributed by atoms with Crippen LogP contribution in [0.4, 0.5) is 16.3 Å². The largest absolute Gasteiger partial charge is 0.426 e. The number of nitrogens with zero attached hydrogens (tertiary/aromatic N) is 3. The number of aromatic nitrogens is 1. The molecule has 1 saturated heterocycles. The Labute approximate surface area is 122 Å². The predicted octanol–water partition coefficient (Wildman–Crippen LogP) is 2.37. The molecule has 0 aliphatic carbocycles. The van der Waals surface area contributed by atoms with Gasteiger partial charge in [0, 0.05) is 19.2 Å². The quantitative estimate of drug-likeness (QED) is 0.520. The Balaban J connectivity index is 1.84. The molecule has 1 aliphatic rings. The molecule has 2 heterocycles. The lowest BCUT2D eigenvalue weighted by Gasteiger charge is -2.27. The first-order chi connectivity index (χ1) is 10.1. The van der Waals surface area contributed by atoms with Gasteiger partial charge in [-0.2, -0.15) is 0 Å². The number of rotatable bonds is 4. The zero-order valence-corrected chi connectivity index (χ0v) is 11.8. The van der Waals surface area contributed by atoms with Crippen LogP contribution >= 0.6 is 0 Å². The molecule has 1 fully saturated rings. The highest BCUT2D eigenvalue weighted by Gasteiger charge is 2.20. The van der Waals surface area contributed by atoms with E-state index in [1.807, 2.05) is 0 Å². The molecule has 2 rings (SSSR count). The first kappa shape index (κ1) is 15.0. The van der Waals surface area contributed by atoms with Crippen LogP contribution in [0.25, 0.3) is 0 Å². The molecule has 0 bridgehead atoms. The van der Waals surface area contributed by atoms with Gasteiger partial charge < -0.3 is 25.1 Å². The SMILES string of the molecule is CC(Nc1ccc([N+](=O)[O-])nc1)OC(=O)N1CCCCC1. The van der Waals surface area contributed by atoms with Crippen LogP contribution in [0.3, 0.4) is 0 Å². The van der Waals surface area contributed by atoms with Crippen molar-refractivity contribution in [1.82, 2.24) is 9.88 Å². The van der Waals surface area contributed by atoms with E-state index in [0.29, 0.717) is 5.69 Å². The summed E-state index contributed by atoms with van der Waals surface area (Å²) < 4.78 is 5.29. The average molecular weight is 294 g/mol. The van der Waals surface area contributed by atoms with Crippen LogP contribution < -0.4 is 5.32 Å². The van der Waals surface area contributed by atoms with Gasteiger partial charge in [0.2, 0.25) is 0 Å². The van der Waals surface area contributed by atoms with Crippen molar-refractivity contribution in [1.29, 1.82) is 0 Å². The number of hydrogen-bond donors (Lipinski definition) is 1. The topological polar surface area (TPSA) is 97.6 Å². The molecule has 1 aromatic heterocycles. The maximum atomic E-state index is 11.9. The van der Waals surface area contributed by atoms with E-state index in [4.69, 9.17) is 4.74 Å². The Morgan fingerprint density at radius 1 is 1.43 bits per heavy atom. The Kier molecular flexibility index (Phi) is 4.91. The Morgan fingerprint density at radius 3 is 2.71 bits per heavy atom. The molecule has 1 atom stereocenters. The van der Waals surface area contributed by atoms with Gasteiger partial charge in [-0.05, 0) is 42.2 Å². The van der Waals surface area contributed by atoms with Gasteiger partial charge in [0.25, 0.3) is 0 Å². The number of anilines is 1. The summed E-state index contributed by atoms with van der Waals surface area (Å²) in [6.07, 6.45) is 3.61. The molecule has 0 saturated carbocycles. The van der Waals surface area contributed by atoms with Gasteiger partial charge in [0.05, 0.1) is 5.69 Å². The van der Waals surface area contributed by atoms with E-state index < -0.39 is 11.2 Å². The van der Waals surface area contributed by atoms with Crippen LogP contribution in [0.1, 0.15) is 26.2 Å². The molecule has 1 aliphatic heterocycles. The van der Waals surface area contributed by atoms with Crippen LogP contribution in [0.2, 0.25) is 0 Å². The molecular weight excluding hydrogens is 276 g/mol. The van der Waals surface area contributed by atoms with E-state index in [1.165, 1.54) is 18.3 Å². The van der Waals surface area contributed by atoms with Gasteiger partial charge in [0.15, 0.2) is 12.4 Å². The minimum absolute atomic E-state index is 0.224. The summed E-state index contributed by atoms with van der Waals surface area (Å²) in [6.45, 7) is 3.15. The third-order valence-corrected chi connectivity index (χ3v) is 3.20. The summed E-state index contributed by atoms with van der Waals surface area (Å²) in [4.78, 5) is 27.2. The van der Waals surface area contributed by atoms with Crippen LogP contribution in [-0.2, 0) is 4.74 Å². The van der Waals surface area contributed by atoms with Crippen molar-refractivity contribution in [3.8, 4) is 0 Å². The van der Waals surface area contributed by atoms with Crippen LogP contribution in [0.15, 0.2) is 18.3 Å². The summed E-state index contributed by atoms with van der Waals surface area (Å²) in [5.74, 6) is -0.224. The lowest BCUT2D eigenvalue weighted by molar-refractivity contribution is -0.389. The molecule has 21 heavy (non-hydrogen) atoms. The van der Waals surface area contributed by atoms with Crippen LogP contribution in [0.5, 0.6) is 0 Å². The summed E-state index contributed by atoms with van der Waals surface area (Å²) in [7, 11) is 0. The van der Waals surface area contributed by atoms with E-state index >= 15 is 0 Å². The van der Waals surface area contributed by atoms with Gasteiger partial charge in [0.1, 0.15) is 0 Å². The lowest BCUT2D eigenvalue weighted by atomic mass is 10.1. The number of carbonyl (C=O) groups is 1. The molecule has 1 aromatic rings. The Bertz CT molecular complexity index is 499. The number of ether oxygens (including phenoxy) is 1. The summed E-state index contributed by atoms with van der Waals surface area (Å²) >= 11 is 0. The van der Waals surface area contributed by atoms with Gasteiger partial charge >= 0.3 is 11.9 Å². The van der Waals surface area contributed by atoms with Crippen molar-refractivity contribution in [2.45, 2.75) is 32.4 Å². The smallest absolute Gasteiger partial charge is 0.411 e. The van der Waals surface area contributed by atoms with Crippen molar-refractivity contribution in [3.05, 3.63) is 28.4 Å². The highest BCUT2D eigenvalue weighted by molar-refractivity contribution is 5.68. The summed E-state index contributed by atoms with van der Waals surface area (Å²) in [6, 6.07) is 2.82. The predicted molar refractivity (Wildman–Crippen MR) is 75.9 cm³/mol. The molecule has 8 nitrogen and oxygen atoms in total. The van der Waals surface area contributed by atoms with Gasteiger partial charge in [-0.3, -0.25) is 0 Å². The number of hydrogen-bond acceptors (Lipinski definition) is 6. The van der Waals surface area contributed by atoms with Gasteiger partial charge in [-0.25, -0.2) is 4.79 Å². The monoisotopic (exact) mass is 294 g/mol. The van der Waals surface area contributed by atoms with E-state index in [0.717, 1.165) is 32.4 Å². The second-order valence-corrected chi connectivity index (χ2v) is 4.88. The molecule has 1 amide bonds. The van der Waals surface area contributed by atoms with Crippen molar-refractivity contribution < 1.29 is 14.5 Å². The number of likely N-dealkylation sites (tertiary alicyclic amines) is 1. The van der Waals surface area contributed by atoms with Gasteiger partial charge in [-0.1, -0.05) is 0 Å². The van der Waals surface area contributed by atoms with Crippen molar-refractivity contribution in [3.63, 3.8) is 0 Å². The van der Waals surface area contributed by atoms with E-state index in [1.54, 1.807) is 11.8 Å². The Hall–Kier alpha value is -2.38. The minimum atomic E-state index is -0.566. The molecular formula is C13H18N4O4. The molecule has 8 heteroatoms. The number of piperidine rings is 1. The van der Waals surface area contributed by atoms with Crippen LogP contribution in [0, 0.1) is 10.1 Å². The highest BCUT2D eigenvalue weighted by Crippen LogP contribution is 2.14. The first-order valence-corrected chi connectivity index (χ1v) is 6.89. The average Bonchev–Trinajstić information content (AvgIpc) is 2.48. The van der Waals surface area contributed by atoms with Crippen molar-refractivity contribution in [2.24, 2.45) is 0 Å². The third-order valence-electron chi connectivity index (χ3n) is 3.20. The molecule has 0 spiro atoms. The highest BCUT2D eigenvalue weighted by atomic mass is 16.6. The number of amides is 1. The van der Waals surface area contributed by atoms with E-state index in [-0.39, 0.29) is 11.9 Å². The molecule has 1 unspecified atom stereocenters. The normalized spacial score (nSPS) is 16.1. The van der Waals surface area contributed by atoms with Crippen LogP contribution in [-0.4, -0.2) is 40.2 Å². The number of nitrogens with one attached hydrogen (secondary N) is 1. The maximum Gasteiger partial charge on any atom is 0.411 e. The number of nitro groups is 1. The van der Waals surface area contributed by atoms with Crippen molar-refractivity contribution in [2.75, 3.05) is 18.4 Å². The summed E-state index contributed by atoms with van der Waals surface area (Å²) in [5.41, 5.74) is 0.555. The van der Waals surface area contributed by atoms with Gasteiger partial charge in [-0.15, -0.1) is 0 Å². The first-order valence-electron chi connectivity index (χ1n) is 6.89. The maximum absolute atomic E-state index is 11.9. The molecule has 1 N–H and O–H groups in total. The second kappa shape index (κ2) is 6.87. The fraction of sp³-hybridized carbons (Fsp3) is 0.538. The zero-order valence-electron chi connectivity index (χ0n) is 11.8.